The zero-order valence-electron chi connectivity index (χ0n) is 20.5. The van der Waals surface area contributed by atoms with Crippen molar-refractivity contribution in [2.24, 2.45) is 5.92 Å². The Labute approximate surface area is 207 Å². The Kier molecular flexibility index (Phi) is 6.63. The van der Waals surface area contributed by atoms with Gasteiger partial charge in [-0.1, -0.05) is 6.07 Å². The second kappa shape index (κ2) is 9.87. The normalized spacial score (nSPS) is 17.0. The molecule has 36 heavy (non-hydrogen) atoms. The predicted molar refractivity (Wildman–Crippen MR) is 134 cm³/mol. The molecule has 0 saturated carbocycles. The molecule has 0 unspecified atom stereocenters. The SMILES string of the molecule is Cc1nc2c(F)cc(-c3nc(Nc4ccc([C@H](O)[C@H]5CCCNC5)cn4)ncc3F)cc2n1C(C)C. The van der Waals surface area contributed by atoms with Crippen molar-refractivity contribution in [1.82, 2.24) is 29.8 Å². The maximum atomic E-state index is 14.9. The van der Waals surface area contributed by atoms with Gasteiger partial charge in [-0.15, -0.1) is 0 Å². The van der Waals surface area contributed by atoms with Crippen LogP contribution in [0.25, 0.3) is 22.3 Å². The highest BCUT2D eigenvalue weighted by molar-refractivity contribution is 5.83. The van der Waals surface area contributed by atoms with Crippen molar-refractivity contribution in [2.45, 2.75) is 45.8 Å². The molecule has 1 aliphatic heterocycles. The molecule has 0 spiro atoms. The van der Waals surface area contributed by atoms with Gasteiger partial charge in [-0.25, -0.2) is 28.7 Å². The second-order valence-electron chi connectivity index (χ2n) is 9.49. The molecule has 4 aromatic rings. The predicted octanol–water partition coefficient (Wildman–Crippen LogP) is 4.83. The quantitative estimate of drug-likeness (QED) is 0.354. The van der Waals surface area contributed by atoms with Gasteiger partial charge in [-0.05, 0) is 63.9 Å². The number of hydrogen-bond acceptors (Lipinski definition) is 7. The van der Waals surface area contributed by atoms with Crippen LogP contribution in [0.2, 0.25) is 0 Å². The Morgan fingerprint density at radius 2 is 1.94 bits per heavy atom. The van der Waals surface area contributed by atoms with Crippen molar-refractivity contribution in [3.63, 3.8) is 0 Å². The van der Waals surface area contributed by atoms with Crippen molar-refractivity contribution < 1.29 is 13.9 Å². The number of piperidine rings is 1. The molecule has 188 valence electrons. The van der Waals surface area contributed by atoms with Gasteiger partial charge in [0.05, 0.1) is 17.8 Å². The summed E-state index contributed by atoms with van der Waals surface area (Å²) in [7, 11) is 0. The van der Waals surface area contributed by atoms with E-state index in [0.29, 0.717) is 17.2 Å². The molecule has 5 rings (SSSR count). The summed E-state index contributed by atoms with van der Waals surface area (Å²) in [6.45, 7) is 7.53. The van der Waals surface area contributed by atoms with Gasteiger partial charge in [0.1, 0.15) is 22.9 Å². The van der Waals surface area contributed by atoms with Crippen LogP contribution in [0, 0.1) is 24.5 Å². The molecule has 0 aliphatic carbocycles. The number of aromatic nitrogens is 5. The number of benzene rings is 1. The molecule has 0 radical (unpaired) electrons. The molecule has 0 amide bonds. The summed E-state index contributed by atoms with van der Waals surface area (Å²) in [4.78, 5) is 17.0. The maximum absolute atomic E-state index is 14.9. The largest absolute Gasteiger partial charge is 0.388 e. The highest BCUT2D eigenvalue weighted by Gasteiger charge is 2.23. The van der Waals surface area contributed by atoms with Gasteiger partial charge in [0.2, 0.25) is 5.95 Å². The number of hydrogen-bond donors (Lipinski definition) is 3. The summed E-state index contributed by atoms with van der Waals surface area (Å²) in [5.74, 6) is 0.190. The summed E-state index contributed by atoms with van der Waals surface area (Å²) in [6.07, 6.45) is 4.07. The fourth-order valence-electron chi connectivity index (χ4n) is 4.88. The zero-order valence-corrected chi connectivity index (χ0v) is 20.5. The maximum Gasteiger partial charge on any atom is 0.229 e. The smallest absolute Gasteiger partial charge is 0.229 e. The lowest BCUT2D eigenvalue weighted by molar-refractivity contribution is 0.0919. The van der Waals surface area contributed by atoms with E-state index in [4.69, 9.17) is 0 Å². The molecule has 3 aromatic heterocycles. The van der Waals surface area contributed by atoms with Gasteiger partial charge in [-0.2, -0.15) is 0 Å². The van der Waals surface area contributed by atoms with Crippen LogP contribution in [0.5, 0.6) is 0 Å². The van der Waals surface area contributed by atoms with E-state index in [9.17, 15) is 13.9 Å². The summed E-state index contributed by atoms with van der Waals surface area (Å²) in [5.41, 5.74) is 1.81. The van der Waals surface area contributed by atoms with E-state index in [1.165, 1.54) is 6.07 Å². The van der Waals surface area contributed by atoms with Crippen LogP contribution in [0.1, 0.15) is 50.2 Å². The van der Waals surface area contributed by atoms with E-state index >= 15 is 0 Å². The van der Waals surface area contributed by atoms with Crippen molar-refractivity contribution in [3.8, 4) is 11.3 Å². The number of imidazole rings is 1. The Hall–Kier alpha value is -3.50. The topological polar surface area (TPSA) is 101 Å². The summed E-state index contributed by atoms with van der Waals surface area (Å²) in [6, 6.07) is 6.51. The van der Waals surface area contributed by atoms with Gasteiger partial charge in [0.25, 0.3) is 0 Å². The Bertz CT molecular complexity index is 1380. The molecule has 1 aromatic carbocycles. The van der Waals surface area contributed by atoms with Crippen LogP contribution in [0.3, 0.4) is 0 Å². The van der Waals surface area contributed by atoms with E-state index in [1.807, 2.05) is 25.3 Å². The first-order valence-electron chi connectivity index (χ1n) is 12.1. The standard InChI is InChI=1S/C26H29F2N7O/c1-14(2)35-15(3)32-24-19(27)9-18(10-21(24)35)23-20(28)13-31-26(34-23)33-22-7-6-17(12-30-22)25(36)16-5-4-8-29-11-16/h6-7,9-10,12-14,16,25,29,36H,4-5,8,11H2,1-3H3,(H,30,31,33,34)/t16-,25+/m0/s1. The summed E-state index contributed by atoms with van der Waals surface area (Å²) < 4.78 is 31.6. The third kappa shape index (κ3) is 4.66. The van der Waals surface area contributed by atoms with Crippen molar-refractivity contribution in [1.29, 1.82) is 0 Å². The van der Waals surface area contributed by atoms with E-state index < -0.39 is 17.7 Å². The number of anilines is 2. The number of fused-ring (bicyclic) bond motifs is 1. The highest BCUT2D eigenvalue weighted by atomic mass is 19.1. The molecule has 1 fully saturated rings. The van der Waals surface area contributed by atoms with Crippen LogP contribution in [0.15, 0.2) is 36.7 Å². The number of nitrogens with zero attached hydrogens (tertiary/aromatic N) is 5. The lowest BCUT2D eigenvalue weighted by Gasteiger charge is -2.27. The van der Waals surface area contributed by atoms with Crippen LogP contribution in [-0.2, 0) is 0 Å². The fourth-order valence-corrected chi connectivity index (χ4v) is 4.88. The molecule has 1 saturated heterocycles. The third-order valence-electron chi connectivity index (χ3n) is 6.61. The first kappa shape index (κ1) is 24.2. The zero-order chi connectivity index (χ0) is 25.4. The highest BCUT2D eigenvalue weighted by Crippen LogP contribution is 2.31. The molecule has 3 N–H and O–H groups in total. The molecular weight excluding hydrogens is 464 g/mol. The van der Waals surface area contributed by atoms with Gasteiger partial charge in [-0.3, -0.25) is 0 Å². The molecule has 0 bridgehead atoms. The number of aliphatic hydroxyl groups excluding tert-OH is 1. The molecule has 8 nitrogen and oxygen atoms in total. The molecular formula is C26H29F2N7O. The Morgan fingerprint density at radius 3 is 2.64 bits per heavy atom. The fraction of sp³-hybridized carbons (Fsp3) is 0.385. The van der Waals surface area contributed by atoms with Crippen molar-refractivity contribution in [2.75, 3.05) is 18.4 Å². The van der Waals surface area contributed by atoms with E-state index in [0.717, 1.165) is 37.7 Å². The van der Waals surface area contributed by atoms with Crippen LogP contribution in [0.4, 0.5) is 20.5 Å². The Morgan fingerprint density at radius 1 is 1.11 bits per heavy atom. The van der Waals surface area contributed by atoms with E-state index in [2.05, 4.69) is 30.6 Å². The Balaban J connectivity index is 1.41. The van der Waals surface area contributed by atoms with Gasteiger partial charge >= 0.3 is 0 Å². The van der Waals surface area contributed by atoms with Gasteiger partial charge in [0, 0.05) is 30.3 Å². The lowest BCUT2D eigenvalue weighted by atomic mass is 9.90. The number of pyridine rings is 1. The molecule has 1 aliphatic rings. The van der Waals surface area contributed by atoms with Gasteiger partial charge in [0.15, 0.2) is 11.6 Å². The van der Waals surface area contributed by atoms with E-state index in [-0.39, 0.29) is 34.7 Å². The van der Waals surface area contributed by atoms with Crippen LogP contribution in [-0.4, -0.2) is 42.7 Å². The summed E-state index contributed by atoms with van der Waals surface area (Å²) in [5, 5.41) is 16.9. The van der Waals surface area contributed by atoms with Crippen LogP contribution < -0.4 is 10.6 Å². The monoisotopic (exact) mass is 493 g/mol. The van der Waals surface area contributed by atoms with Crippen LogP contribution >= 0.6 is 0 Å². The number of aryl methyl sites for hydroxylation is 1. The first-order chi connectivity index (χ1) is 17.3. The second-order valence-corrected chi connectivity index (χ2v) is 9.49. The molecule has 10 heteroatoms. The third-order valence-corrected chi connectivity index (χ3v) is 6.61. The van der Waals surface area contributed by atoms with E-state index in [1.54, 1.807) is 24.4 Å². The average molecular weight is 494 g/mol. The number of nitrogens with one attached hydrogen (secondary N) is 2. The van der Waals surface area contributed by atoms with Crippen molar-refractivity contribution in [3.05, 3.63) is 59.7 Å². The number of aliphatic hydroxyl groups is 1. The minimum atomic E-state index is -0.667. The average Bonchev–Trinajstić information content (AvgIpc) is 3.22. The number of rotatable bonds is 6. The summed E-state index contributed by atoms with van der Waals surface area (Å²) >= 11 is 0. The minimum Gasteiger partial charge on any atom is -0.388 e. The van der Waals surface area contributed by atoms with Crippen molar-refractivity contribution >= 4 is 22.8 Å². The number of halogens is 2. The minimum absolute atomic E-state index is 0.0284. The molecule has 2 atom stereocenters. The van der Waals surface area contributed by atoms with Gasteiger partial charge < -0.3 is 20.3 Å². The first-order valence-corrected chi connectivity index (χ1v) is 12.1. The lowest BCUT2D eigenvalue weighted by Crippen LogP contribution is -2.33. The molecule has 4 heterocycles.